The van der Waals surface area contributed by atoms with Gasteiger partial charge in [-0.05, 0) is 87.1 Å². The summed E-state index contributed by atoms with van der Waals surface area (Å²) < 4.78 is 9.29. The molecule has 0 fully saturated rings. The van der Waals surface area contributed by atoms with Crippen molar-refractivity contribution in [1.82, 2.24) is 0 Å². The molecule has 55 heavy (non-hydrogen) atoms. The molecule has 11 aromatic rings. The molecule has 0 aliphatic carbocycles. The van der Waals surface area contributed by atoms with Crippen molar-refractivity contribution in [3.63, 3.8) is 0 Å². The highest BCUT2D eigenvalue weighted by Gasteiger charge is 2.23. The largest absolute Gasteiger partial charge is 0.454 e. The Morgan fingerprint density at radius 2 is 1.00 bits per heavy atom. The number of hydrogen-bond acceptors (Lipinski definition) is 3. The number of fused-ring (bicyclic) bond motifs is 7. The Bertz CT molecular complexity index is 3220. The molecule has 0 amide bonds. The van der Waals surface area contributed by atoms with Gasteiger partial charge in [-0.2, -0.15) is 0 Å². The van der Waals surface area contributed by atoms with E-state index in [1.807, 2.05) is 17.4 Å². The third kappa shape index (κ3) is 5.24. The van der Waals surface area contributed by atoms with Crippen LogP contribution in [-0.2, 0) is 0 Å². The Labute approximate surface area is 322 Å². The van der Waals surface area contributed by atoms with Crippen LogP contribution in [0.15, 0.2) is 205 Å². The summed E-state index contributed by atoms with van der Waals surface area (Å²) in [5.74, 6) is 0. The second-order valence-electron chi connectivity index (χ2n) is 14.0. The van der Waals surface area contributed by atoms with Crippen LogP contribution in [0, 0.1) is 0 Å². The molecule has 9 aromatic carbocycles. The predicted molar refractivity (Wildman–Crippen MR) is 235 cm³/mol. The van der Waals surface area contributed by atoms with E-state index in [4.69, 9.17) is 4.42 Å². The number of para-hydroxylation sites is 3. The van der Waals surface area contributed by atoms with Gasteiger partial charge in [0.1, 0.15) is 5.58 Å². The topological polar surface area (TPSA) is 16.4 Å². The number of thiophene rings is 1. The molecule has 0 aliphatic heterocycles. The predicted octanol–water partition coefficient (Wildman–Crippen LogP) is 15.6. The summed E-state index contributed by atoms with van der Waals surface area (Å²) in [7, 11) is 0. The standard InChI is InChI=1S/C52H33NOS/c1-2-17-39-35(13-1)14-10-21-40(39)37-16-9-15-36(33-37)34-29-31-38(32-30-34)53(47-25-11-23-44-42-19-4-7-26-48(42)54-52(44)47)46-24-6-3-18-41(46)43-22-12-28-50-51(43)45-20-5-8-27-49(45)55-50/h1-33H. The van der Waals surface area contributed by atoms with E-state index in [1.165, 1.54) is 53.2 Å². The van der Waals surface area contributed by atoms with Crippen molar-refractivity contribution in [2.75, 3.05) is 4.90 Å². The molecule has 2 nitrogen and oxygen atoms in total. The Hall–Kier alpha value is -6.94. The fourth-order valence-electron chi connectivity index (χ4n) is 8.36. The Morgan fingerprint density at radius 3 is 1.93 bits per heavy atom. The van der Waals surface area contributed by atoms with Crippen LogP contribution in [0.4, 0.5) is 17.1 Å². The van der Waals surface area contributed by atoms with Crippen LogP contribution in [0.2, 0.25) is 0 Å². The lowest BCUT2D eigenvalue weighted by atomic mass is 9.95. The second-order valence-corrected chi connectivity index (χ2v) is 15.1. The van der Waals surface area contributed by atoms with Crippen LogP contribution in [0.25, 0.3) is 86.3 Å². The smallest absolute Gasteiger partial charge is 0.159 e. The maximum absolute atomic E-state index is 6.71. The summed E-state index contributed by atoms with van der Waals surface area (Å²) in [5.41, 5.74) is 12.1. The fourth-order valence-corrected chi connectivity index (χ4v) is 9.49. The van der Waals surface area contributed by atoms with Crippen molar-refractivity contribution in [3.8, 4) is 33.4 Å². The Morgan fingerprint density at radius 1 is 0.382 bits per heavy atom. The van der Waals surface area contributed by atoms with Gasteiger partial charge in [-0.25, -0.2) is 0 Å². The first-order valence-electron chi connectivity index (χ1n) is 18.7. The lowest BCUT2D eigenvalue weighted by molar-refractivity contribution is 0.669. The number of nitrogens with zero attached hydrogens (tertiary/aromatic N) is 1. The lowest BCUT2D eigenvalue weighted by Crippen LogP contribution is -2.11. The number of hydrogen-bond donors (Lipinski definition) is 0. The Balaban J connectivity index is 1.09. The van der Waals surface area contributed by atoms with E-state index >= 15 is 0 Å². The van der Waals surface area contributed by atoms with Gasteiger partial charge in [-0.15, -0.1) is 11.3 Å². The molecular formula is C52H33NOS. The van der Waals surface area contributed by atoms with E-state index < -0.39 is 0 Å². The molecule has 0 bridgehead atoms. The third-order valence-electron chi connectivity index (χ3n) is 10.9. The highest BCUT2D eigenvalue weighted by molar-refractivity contribution is 7.25. The zero-order chi connectivity index (χ0) is 36.3. The first-order valence-corrected chi connectivity index (χ1v) is 19.5. The minimum atomic E-state index is 0.865. The van der Waals surface area contributed by atoms with Gasteiger partial charge in [-0.1, -0.05) is 152 Å². The van der Waals surface area contributed by atoms with Crippen LogP contribution in [0.1, 0.15) is 0 Å². The van der Waals surface area contributed by atoms with E-state index in [0.717, 1.165) is 50.1 Å². The van der Waals surface area contributed by atoms with Crippen molar-refractivity contribution in [2.45, 2.75) is 0 Å². The summed E-state index contributed by atoms with van der Waals surface area (Å²) in [6, 6.07) is 72.1. The van der Waals surface area contributed by atoms with Crippen molar-refractivity contribution < 1.29 is 4.42 Å². The molecule has 0 saturated heterocycles. The fraction of sp³-hybridized carbons (Fsp3) is 0. The zero-order valence-corrected chi connectivity index (χ0v) is 30.6. The minimum absolute atomic E-state index is 0.865. The van der Waals surface area contributed by atoms with E-state index in [1.54, 1.807) is 0 Å². The molecule has 11 rings (SSSR count). The molecule has 0 N–H and O–H groups in total. The van der Waals surface area contributed by atoms with Gasteiger partial charge in [0.25, 0.3) is 0 Å². The normalized spacial score (nSPS) is 11.6. The summed E-state index contributed by atoms with van der Waals surface area (Å²) in [5, 5.41) is 7.30. The SMILES string of the molecule is c1cc(-c2ccc(N(c3ccccc3-c3cccc4sc5ccccc5c34)c3cccc4c3oc3ccccc34)cc2)cc(-c2cccc3ccccc23)c1. The van der Waals surface area contributed by atoms with E-state index in [9.17, 15) is 0 Å². The molecule has 0 saturated carbocycles. The van der Waals surface area contributed by atoms with Crippen LogP contribution >= 0.6 is 11.3 Å². The van der Waals surface area contributed by atoms with Crippen LogP contribution in [0.5, 0.6) is 0 Å². The molecule has 2 heterocycles. The van der Waals surface area contributed by atoms with E-state index in [2.05, 4.69) is 199 Å². The summed E-state index contributed by atoms with van der Waals surface area (Å²) >= 11 is 1.85. The molecule has 3 heteroatoms. The summed E-state index contributed by atoms with van der Waals surface area (Å²) in [6.45, 7) is 0. The zero-order valence-electron chi connectivity index (χ0n) is 29.8. The quantitative estimate of drug-likeness (QED) is 0.170. The Kier molecular flexibility index (Phi) is 7.39. The molecule has 0 spiro atoms. The van der Waals surface area contributed by atoms with Crippen molar-refractivity contribution >= 4 is 81.3 Å². The van der Waals surface area contributed by atoms with Gasteiger partial charge >= 0.3 is 0 Å². The average Bonchev–Trinajstić information content (AvgIpc) is 3.83. The van der Waals surface area contributed by atoms with Crippen LogP contribution in [-0.4, -0.2) is 0 Å². The summed E-state index contributed by atoms with van der Waals surface area (Å²) in [4.78, 5) is 2.38. The maximum Gasteiger partial charge on any atom is 0.159 e. The molecule has 258 valence electrons. The summed E-state index contributed by atoms with van der Waals surface area (Å²) in [6.07, 6.45) is 0. The van der Waals surface area contributed by atoms with Gasteiger partial charge < -0.3 is 9.32 Å². The maximum atomic E-state index is 6.71. The highest BCUT2D eigenvalue weighted by atomic mass is 32.1. The van der Waals surface area contributed by atoms with Crippen LogP contribution < -0.4 is 4.90 Å². The highest BCUT2D eigenvalue weighted by Crippen LogP contribution is 2.48. The number of benzene rings is 9. The molecule has 0 aliphatic rings. The monoisotopic (exact) mass is 719 g/mol. The van der Waals surface area contributed by atoms with Gasteiger partial charge in [0.15, 0.2) is 5.58 Å². The van der Waals surface area contributed by atoms with Gasteiger partial charge in [0, 0.05) is 42.2 Å². The average molecular weight is 720 g/mol. The van der Waals surface area contributed by atoms with E-state index in [-0.39, 0.29) is 0 Å². The van der Waals surface area contributed by atoms with Gasteiger partial charge in [-0.3, -0.25) is 0 Å². The molecule has 0 unspecified atom stereocenters. The molecule has 2 aromatic heterocycles. The van der Waals surface area contributed by atoms with Crippen molar-refractivity contribution in [2.24, 2.45) is 0 Å². The first-order chi connectivity index (χ1) is 27.3. The second kappa shape index (κ2) is 12.9. The molecule has 0 radical (unpaired) electrons. The number of furan rings is 1. The van der Waals surface area contributed by atoms with Crippen molar-refractivity contribution in [1.29, 1.82) is 0 Å². The lowest BCUT2D eigenvalue weighted by Gasteiger charge is -2.28. The molecular weight excluding hydrogens is 687 g/mol. The third-order valence-corrected chi connectivity index (χ3v) is 12.0. The van der Waals surface area contributed by atoms with Crippen LogP contribution in [0.3, 0.4) is 0 Å². The minimum Gasteiger partial charge on any atom is -0.454 e. The van der Waals surface area contributed by atoms with Gasteiger partial charge in [0.2, 0.25) is 0 Å². The number of rotatable bonds is 6. The number of anilines is 3. The van der Waals surface area contributed by atoms with E-state index in [0.29, 0.717) is 0 Å². The van der Waals surface area contributed by atoms with Gasteiger partial charge in [0.05, 0.1) is 11.4 Å². The van der Waals surface area contributed by atoms with Crippen molar-refractivity contribution in [3.05, 3.63) is 200 Å². The first kappa shape index (κ1) is 31.6. The molecule has 0 atom stereocenters.